The Hall–Kier alpha value is -3.20. The molecule has 29 heavy (non-hydrogen) atoms. The minimum atomic E-state index is -0.269. The van der Waals surface area contributed by atoms with Gasteiger partial charge in [0.15, 0.2) is 0 Å². The molecule has 0 aliphatic heterocycles. The van der Waals surface area contributed by atoms with Crippen molar-refractivity contribution in [1.82, 2.24) is 5.43 Å². The molecule has 0 radical (unpaired) electrons. The van der Waals surface area contributed by atoms with Gasteiger partial charge in [0, 0.05) is 11.0 Å². The lowest BCUT2D eigenvalue weighted by Crippen LogP contribution is -2.26. The third-order valence-electron chi connectivity index (χ3n) is 5.97. The molecule has 0 unspecified atom stereocenters. The van der Waals surface area contributed by atoms with Gasteiger partial charge < -0.3 is 0 Å². The number of hydrogen-bond donors (Lipinski definition) is 1. The summed E-state index contributed by atoms with van der Waals surface area (Å²) in [5.74, 6) is -0.148. The van der Waals surface area contributed by atoms with Crippen LogP contribution < -0.4 is 5.43 Å². The number of hydrogen-bond acceptors (Lipinski definition) is 2. The van der Waals surface area contributed by atoms with Crippen LogP contribution in [0.2, 0.25) is 0 Å². The van der Waals surface area contributed by atoms with Gasteiger partial charge in [0.25, 0.3) is 0 Å². The Morgan fingerprint density at radius 3 is 2.10 bits per heavy atom. The summed E-state index contributed by atoms with van der Waals surface area (Å²) in [5.41, 5.74) is 9.16. The lowest BCUT2D eigenvalue weighted by molar-refractivity contribution is -0.122. The predicted molar refractivity (Wildman–Crippen MR) is 118 cm³/mol. The fraction of sp³-hybridized carbons (Fsp3) is 0.231. The van der Waals surface area contributed by atoms with Crippen molar-refractivity contribution in [2.45, 2.75) is 32.6 Å². The van der Waals surface area contributed by atoms with Crippen LogP contribution >= 0.6 is 0 Å². The molecule has 1 aliphatic carbocycles. The molecule has 0 saturated heterocycles. The van der Waals surface area contributed by atoms with Crippen LogP contribution in [0.15, 0.2) is 84.0 Å². The molecule has 1 amide bonds. The van der Waals surface area contributed by atoms with Crippen LogP contribution in [0.4, 0.5) is 0 Å². The molecule has 0 heterocycles. The summed E-state index contributed by atoms with van der Waals surface area (Å²) in [7, 11) is 0. The minimum absolute atomic E-state index is 0.0256. The van der Waals surface area contributed by atoms with Gasteiger partial charge in [0.2, 0.25) is 5.91 Å². The van der Waals surface area contributed by atoms with Gasteiger partial charge in [-0.25, -0.2) is 5.43 Å². The van der Waals surface area contributed by atoms with Crippen LogP contribution in [-0.2, 0) is 10.2 Å². The lowest BCUT2D eigenvalue weighted by Gasteiger charge is -2.18. The highest BCUT2D eigenvalue weighted by Gasteiger charge is 2.60. The third-order valence-corrected chi connectivity index (χ3v) is 5.97. The summed E-state index contributed by atoms with van der Waals surface area (Å²) in [6.45, 7) is 6.07. The fourth-order valence-corrected chi connectivity index (χ4v) is 4.26. The Morgan fingerprint density at radius 2 is 1.52 bits per heavy atom. The Labute approximate surface area is 172 Å². The second-order valence-electron chi connectivity index (χ2n) is 7.95. The molecular formula is C26H26N2O. The van der Waals surface area contributed by atoms with Crippen molar-refractivity contribution in [2.75, 3.05) is 0 Å². The number of carbonyl (C=O) groups excluding carboxylic acids is 1. The van der Waals surface area contributed by atoms with Crippen LogP contribution in [0.3, 0.4) is 0 Å². The van der Waals surface area contributed by atoms with Crippen molar-refractivity contribution in [3.05, 3.63) is 107 Å². The fourth-order valence-electron chi connectivity index (χ4n) is 4.26. The highest BCUT2D eigenvalue weighted by molar-refractivity contribution is 6.01. The first-order chi connectivity index (χ1) is 14.0. The normalized spacial score (nSPS) is 17.6. The van der Waals surface area contributed by atoms with Gasteiger partial charge in [-0.1, -0.05) is 78.4 Å². The molecule has 3 aromatic rings. The third kappa shape index (κ3) is 3.61. The zero-order chi connectivity index (χ0) is 20.4. The van der Waals surface area contributed by atoms with E-state index >= 15 is 0 Å². The monoisotopic (exact) mass is 382 g/mol. The van der Waals surface area contributed by atoms with Crippen molar-refractivity contribution < 1.29 is 4.79 Å². The quantitative estimate of drug-likeness (QED) is 0.481. The first-order valence-electron chi connectivity index (χ1n) is 10.0. The molecule has 1 saturated carbocycles. The van der Waals surface area contributed by atoms with Crippen molar-refractivity contribution in [3.63, 3.8) is 0 Å². The second kappa shape index (κ2) is 7.67. The van der Waals surface area contributed by atoms with Crippen LogP contribution in [0.25, 0.3) is 0 Å². The van der Waals surface area contributed by atoms with E-state index in [0.717, 1.165) is 23.3 Å². The van der Waals surface area contributed by atoms with E-state index in [9.17, 15) is 4.79 Å². The number of nitrogens with one attached hydrogen (secondary N) is 1. The summed E-state index contributed by atoms with van der Waals surface area (Å²) in [5, 5.41) is 4.43. The first kappa shape index (κ1) is 19.1. The summed E-state index contributed by atoms with van der Waals surface area (Å²) in [4.78, 5) is 13.0. The van der Waals surface area contributed by atoms with Crippen molar-refractivity contribution in [1.29, 1.82) is 0 Å². The Kier molecular flexibility index (Phi) is 5.06. The largest absolute Gasteiger partial charge is 0.273 e. The molecule has 3 heteroatoms. The van der Waals surface area contributed by atoms with Crippen LogP contribution in [0.5, 0.6) is 0 Å². The van der Waals surface area contributed by atoms with E-state index in [0.29, 0.717) is 0 Å². The average Bonchev–Trinajstić information content (AvgIpc) is 3.52. The number of amides is 1. The molecule has 0 spiro atoms. The molecule has 4 rings (SSSR count). The van der Waals surface area contributed by atoms with Crippen LogP contribution in [-0.4, -0.2) is 11.6 Å². The smallest absolute Gasteiger partial charge is 0.244 e. The maximum atomic E-state index is 13.0. The van der Waals surface area contributed by atoms with Gasteiger partial charge in [-0.2, -0.15) is 5.10 Å². The van der Waals surface area contributed by atoms with E-state index in [1.54, 1.807) is 0 Å². The highest BCUT2D eigenvalue weighted by atomic mass is 16.2. The highest BCUT2D eigenvalue weighted by Crippen LogP contribution is 2.58. The van der Waals surface area contributed by atoms with E-state index in [1.165, 1.54) is 16.7 Å². The summed E-state index contributed by atoms with van der Waals surface area (Å²) in [6, 6.07) is 26.9. The molecule has 3 aromatic carbocycles. The van der Waals surface area contributed by atoms with Crippen molar-refractivity contribution in [2.24, 2.45) is 11.0 Å². The summed E-state index contributed by atoms with van der Waals surface area (Å²) >= 11 is 0. The summed E-state index contributed by atoms with van der Waals surface area (Å²) < 4.78 is 0. The molecule has 0 bridgehead atoms. The van der Waals surface area contributed by atoms with Gasteiger partial charge in [-0.3, -0.25) is 4.79 Å². The molecule has 0 aromatic heterocycles. The standard InChI is InChI=1S/C26H26N2O/c1-18-14-15-19(2)23(16-18)20(3)27-28-25(29)24-17-26(24,21-10-6-4-7-11-21)22-12-8-5-9-13-22/h4-16,24H,17H2,1-3H3,(H,28,29)/t24-/m0/s1. The SMILES string of the molecule is CC(=NNC(=O)[C@@H]1CC1(c1ccccc1)c1ccccc1)c1cc(C)ccc1C. The van der Waals surface area contributed by atoms with Crippen molar-refractivity contribution in [3.8, 4) is 0 Å². The minimum Gasteiger partial charge on any atom is -0.273 e. The number of aryl methyl sites for hydroxylation is 2. The maximum absolute atomic E-state index is 13.0. The van der Waals surface area contributed by atoms with E-state index in [1.807, 2.05) is 43.3 Å². The van der Waals surface area contributed by atoms with E-state index in [2.05, 4.69) is 66.8 Å². The first-order valence-corrected chi connectivity index (χ1v) is 10.0. The predicted octanol–water partition coefficient (Wildman–Crippen LogP) is 5.15. The molecule has 1 fully saturated rings. The number of carbonyl (C=O) groups is 1. The van der Waals surface area contributed by atoms with Gasteiger partial charge in [-0.15, -0.1) is 0 Å². The Bertz CT molecular complexity index is 1020. The van der Waals surface area contributed by atoms with E-state index < -0.39 is 0 Å². The van der Waals surface area contributed by atoms with Gasteiger partial charge >= 0.3 is 0 Å². The number of benzene rings is 3. The van der Waals surface area contributed by atoms with E-state index in [4.69, 9.17) is 0 Å². The molecular weight excluding hydrogens is 356 g/mol. The van der Waals surface area contributed by atoms with Crippen molar-refractivity contribution >= 4 is 11.6 Å². The molecule has 3 nitrogen and oxygen atoms in total. The molecule has 1 aliphatic rings. The molecule has 146 valence electrons. The van der Waals surface area contributed by atoms with Gasteiger partial charge in [-0.05, 0) is 49.9 Å². The molecule has 1 atom stereocenters. The Morgan fingerprint density at radius 1 is 0.931 bits per heavy atom. The van der Waals surface area contributed by atoms with Gasteiger partial charge in [0.1, 0.15) is 0 Å². The Balaban J connectivity index is 1.58. The zero-order valence-electron chi connectivity index (χ0n) is 17.1. The second-order valence-corrected chi connectivity index (χ2v) is 7.95. The number of nitrogens with zero attached hydrogens (tertiary/aromatic N) is 1. The summed E-state index contributed by atoms with van der Waals surface area (Å²) in [6.07, 6.45) is 0.797. The van der Waals surface area contributed by atoms with Crippen LogP contribution in [0.1, 0.15) is 41.2 Å². The molecule has 1 N–H and O–H groups in total. The number of rotatable bonds is 5. The topological polar surface area (TPSA) is 41.5 Å². The van der Waals surface area contributed by atoms with Gasteiger partial charge in [0.05, 0.1) is 11.6 Å². The average molecular weight is 383 g/mol. The maximum Gasteiger partial charge on any atom is 0.244 e. The zero-order valence-corrected chi connectivity index (χ0v) is 17.1. The van der Waals surface area contributed by atoms with E-state index in [-0.39, 0.29) is 17.2 Å². The lowest BCUT2D eigenvalue weighted by atomic mass is 9.85. The van der Waals surface area contributed by atoms with Crippen LogP contribution in [0, 0.1) is 19.8 Å². The number of hydrazone groups is 1.